The number of halogens is 1. The Morgan fingerprint density at radius 2 is 2.07 bits per heavy atom. The lowest BCUT2D eigenvalue weighted by atomic mass is 9.97. The number of fused-ring (bicyclic) bond motifs is 2. The molecule has 0 spiro atoms. The fourth-order valence-corrected chi connectivity index (χ4v) is 3.73. The van der Waals surface area contributed by atoms with Crippen LogP contribution < -0.4 is 11.0 Å². The van der Waals surface area contributed by atoms with Crippen molar-refractivity contribution in [1.82, 2.24) is 19.3 Å². The van der Waals surface area contributed by atoms with Crippen LogP contribution in [0.2, 0.25) is 0 Å². The third-order valence-electron chi connectivity index (χ3n) is 5.37. The van der Waals surface area contributed by atoms with Crippen molar-refractivity contribution >= 4 is 22.4 Å². The van der Waals surface area contributed by atoms with Crippen LogP contribution in [0.15, 0.2) is 33.7 Å². The predicted octanol–water partition coefficient (Wildman–Crippen LogP) is 4.37. The third-order valence-corrected chi connectivity index (χ3v) is 5.37. The molecule has 5 rings (SSSR count). The molecule has 0 aliphatic heterocycles. The van der Waals surface area contributed by atoms with Gasteiger partial charge < -0.3 is 9.84 Å². The van der Waals surface area contributed by atoms with Crippen LogP contribution in [-0.2, 0) is 6.54 Å². The van der Waals surface area contributed by atoms with Gasteiger partial charge in [-0.1, -0.05) is 25.9 Å². The fourth-order valence-electron chi connectivity index (χ4n) is 3.73. The van der Waals surface area contributed by atoms with Crippen molar-refractivity contribution in [2.45, 2.75) is 53.1 Å². The Labute approximate surface area is 172 Å². The van der Waals surface area contributed by atoms with E-state index in [1.165, 1.54) is 15.1 Å². The van der Waals surface area contributed by atoms with E-state index in [1.54, 1.807) is 25.3 Å². The number of rotatable bonds is 4. The lowest BCUT2D eigenvalue weighted by Crippen LogP contribution is -2.27. The SMILES string of the molecule is Cc1c(F)cc2c(NC3CC3)noc2c1-c1ccn2c(=O)n(CC(C)(C)C)nc2c1. The molecule has 30 heavy (non-hydrogen) atoms. The van der Waals surface area contributed by atoms with Crippen LogP contribution in [0.25, 0.3) is 27.7 Å². The van der Waals surface area contributed by atoms with E-state index >= 15 is 0 Å². The number of aromatic nitrogens is 4. The van der Waals surface area contributed by atoms with E-state index in [9.17, 15) is 9.18 Å². The first-order chi connectivity index (χ1) is 14.2. The van der Waals surface area contributed by atoms with Crippen LogP contribution in [0.5, 0.6) is 0 Å². The Hall–Kier alpha value is -3.16. The summed E-state index contributed by atoms with van der Waals surface area (Å²) in [5.74, 6) is 0.245. The van der Waals surface area contributed by atoms with Crippen molar-refractivity contribution in [2.24, 2.45) is 5.41 Å². The normalized spacial score (nSPS) is 14.7. The molecule has 1 N–H and O–H groups in total. The van der Waals surface area contributed by atoms with Gasteiger partial charge in [0.2, 0.25) is 0 Å². The quantitative estimate of drug-likeness (QED) is 0.542. The van der Waals surface area contributed by atoms with Gasteiger partial charge in [0.15, 0.2) is 17.0 Å². The predicted molar refractivity (Wildman–Crippen MR) is 113 cm³/mol. The summed E-state index contributed by atoms with van der Waals surface area (Å²) in [7, 11) is 0. The summed E-state index contributed by atoms with van der Waals surface area (Å²) in [5.41, 5.74) is 2.59. The van der Waals surface area contributed by atoms with Crippen LogP contribution in [0, 0.1) is 18.2 Å². The number of pyridine rings is 1. The largest absolute Gasteiger partial charge is 0.364 e. The lowest BCUT2D eigenvalue weighted by molar-refractivity contribution is 0.320. The summed E-state index contributed by atoms with van der Waals surface area (Å²) < 4.78 is 23.4. The number of anilines is 1. The van der Waals surface area contributed by atoms with Crippen LogP contribution in [0.4, 0.5) is 10.2 Å². The first-order valence-corrected chi connectivity index (χ1v) is 10.2. The minimum atomic E-state index is -0.324. The number of benzene rings is 1. The van der Waals surface area contributed by atoms with Crippen molar-refractivity contribution in [3.05, 3.63) is 46.3 Å². The highest BCUT2D eigenvalue weighted by molar-refractivity contribution is 6.00. The van der Waals surface area contributed by atoms with Gasteiger partial charge in [-0.2, -0.15) is 0 Å². The van der Waals surface area contributed by atoms with Gasteiger partial charge in [-0.25, -0.2) is 13.9 Å². The van der Waals surface area contributed by atoms with Crippen LogP contribution in [-0.4, -0.2) is 25.4 Å². The van der Waals surface area contributed by atoms with Gasteiger partial charge in [-0.15, -0.1) is 5.10 Å². The Bertz CT molecular complexity index is 1340. The molecule has 3 aromatic heterocycles. The molecule has 1 saturated carbocycles. The molecule has 156 valence electrons. The summed E-state index contributed by atoms with van der Waals surface area (Å²) >= 11 is 0. The molecule has 1 fully saturated rings. The molecule has 0 saturated heterocycles. The maximum atomic E-state index is 14.8. The average molecular weight is 409 g/mol. The van der Waals surface area contributed by atoms with E-state index < -0.39 is 0 Å². The van der Waals surface area contributed by atoms with Gasteiger partial charge in [0, 0.05) is 17.8 Å². The van der Waals surface area contributed by atoms with Crippen molar-refractivity contribution in [1.29, 1.82) is 0 Å². The minimum absolute atomic E-state index is 0.0826. The molecule has 0 bridgehead atoms. The Kier molecular flexibility index (Phi) is 4.03. The standard InChI is InChI=1S/C22H24FN5O2/c1-12-16(23)10-15-19(30-26-20(15)24-14-5-6-14)18(12)13-7-8-27-17(9-13)25-28(21(27)29)11-22(2,3)4/h7-10,14H,5-6,11H2,1-4H3,(H,24,26). The number of hydrogen-bond donors (Lipinski definition) is 1. The maximum absolute atomic E-state index is 14.8. The van der Waals surface area contributed by atoms with E-state index in [1.807, 2.05) is 0 Å². The number of nitrogens with zero attached hydrogens (tertiary/aromatic N) is 4. The zero-order valence-corrected chi connectivity index (χ0v) is 17.5. The zero-order valence-electron chi connectivity index (χ0n) is 17.5. The summed E-state index contributed by atoms with van der Waals surface area (Å²) in [6, 6.07) is 5.42. The Balaban J connectivity index is 1.66. The summed E-state index contributed by atoms with van der Waals surface area (Å²) in [5, 5.41) is 12.5. The van der Waals surface area contributed by atoms with Crippen molar-refractivity contribution < 1.29 is 8.91 Å². The minimum Gasteiger partial charge on any atom is -0.364 e. The van der Waals surface area contributed by atoms with Crippen LogP contribution >= 0.6 is 0 Å². The molecule has 8 heteroatoms. The smallest absolute Gasteiger partial charge is 0.350 e. The van der Waals surface area contributed by atoms with Crippen molar-refractivity contribution in [3.8, 4) is 11.1 Å². The summed E-state index contributed by atoms with van der Waals surface area (Å²) in [6.07, 6.45) is 3.84. The van der Waals surface area contributed by atoms with E-state index in [-0.39, 0.29) is 16.9 Å². The molecule has 0 radical (unpaired) electrons. The van der Waals surface area contributed by atoms with Gasteiger partial charge in [-0.05, 0) is 54.5 Å². The van der Waals surface area contributed by atoms with Crippen LogP contribution in [0.1, 0.15) is 39.2 Å². The Morgan fingerprint density at radius 1 is 1.30 bits per heavy atom. The second kappa shape index (κ2) is 6.42. The molecule has 7 nitrogen and oxygen atoms in total. The molecular weight excluding hydrogens is 385 g/mol. The number of nitrogens with one attached hydrogen (secondary N) is 1. The maximum Gasteiger partial charge on any atom is 0.350 e. The molecule has 1 aliphatic carbocycles. The van der Waals surface area contributed by atoms with E-state index in [0.29, 0.717) is 46.1 Å². The van der Waals surface area contributed by atoms with E-state index in [2.05, 4.69) is 36.3 Å². The van der Waals surface area contributed by atoms with Gasteiger partial charge >= 0.3 is 5.69 Å². The first kappa shape index (κ1) is 18.8. The Morgan fingerprint density at radius 3 is 2.77 bits per heavy atom. The second-order valence-corrected chi connectivity index (χ2v) is 9.33. The number of hydrogen-bond acceptors (Lipinski definition) is 5. The van der Waals surface area contributed by atoms with Gasteiger partial charge in [0.05, 0.1) is 11.9 Å². The monoisotopic (exact) mass is 409 g/mol. The second-order valence-electron chi connectivity index (χ2n) is 9.33. The molecule has 1 aromatic carbocycles. The average Bonchev–Trinajstić information content (AvgIpc) is 3.34. The lowest BCUT2D eigenvalue weighted by Gasteiger charge is -2.16. The molecule has 0 amide bonds. The van der Waals surface area contributed by atoms with Gasteiger partial charge in [-0.3, -0.25) is 4.40 Å². The van der Waals surface area contributed by atoms with Crippen molar-refractivity contribution in [3.63, 3.8) is 0 Å². The van der Waals surface area contributed by atoms with E-state index in [4.69, 9.17) is 4.52 Å². The fraction of sp³-hybridized carbons (Fsp3) is 0.409. The zero-order chi connectivity index (χ0) is 21.2. The van der Waals surface area contributed by atoms with Crippen molar-refractivity contribution in [2.75, 3.05) is 5.32 Å². The molecule has 0 atom stereocenters. The first-order valence-electron chi connectivity index (χ1n) is 10.2. The highest BCUT2D eigenvalue weighted by atomic mass is 19.1. The highest BCUT2D eigenvalue weighted by Gasteiger charge is 2.26. The molecule has 4 aromatic rings. The van der Waals surface area contributed by atoms with Gasteiger partial charge in [0.1, 0.15) is 5.82 Å². The molecule has 1 aliphatic rings. The van der Waals surface area contributed by atoms with Crippen LogP contribution in [0.3, 0.4) is 0 Å². The van der Waals surface area contributed by atoms with E-state index in [0.717, 1.165) is 18.4 Å². The summed E-state index contributed by atoms with van der Waals surface area (Å²) in [6.45, 7) is 8.39. The molecular formula is C22H24FN5O2. The van der Waals surface area contributed by atoms with Gasteiger partial charge in [0.25, 0.3) is 0 Å². The topological polar surface area (TPSA) is 77.4 Å². The third kappa shape index (κ3) is 3.16. The molecule has 3 heterocycles. The highest BCUT2D eigenvalue weighted by Crippen LogP contribution is 2.38. The summed E-state index contributed by atoms with van der Waals surface area (Å²) in [4.78, 5) is 12.7. The molecule has 0 unspecified atom stereocenters.